The second kappa shape index (κ2) is 8.00. The zero-order valence-corrected chi connectivity index (χ0v) is 21.8. The molecule has 34 heavy (non-hydrogen) atoms. The predicted molar refractivity (Wildman–Crippen MR) is 136 cm³/mol. The van der Waals surface area contributed by atoms with Crippen LogP contribution in [0.4, 0.5) is 0 Å². The van der Waals surface area contributed by atoms with Crippen LogP contribution in [0.15, 0.2) is 24.3 Å². The third-order valence-electron chi connectivity index (χ3n) is 8.29. The number of rotatable bonds is 4. The number of ether oxygens (including phenoxy) is 1. The number of carbonyl (C=O) groups is 1. The van der Waals surface area contributed by atoms with Gasteiger partial charge in [0.2, 0.25) is 0 Å². The molecule has 3 aromatic rings. The zero-order chi connectivity index (χ0) is 23.8. The van der Waals surface area contributed by atoms with Gasteiger partial charge in [-0.1, -0.05) is 37.0 Å². The van der Waals surface area contributed by atoms with Crippen molar-refractivity contribution < 1.29 is 9.53 Å². The van der Waals surface area contributed by atoms with E-state index < -0.39 is 0 Å². The first-order valence-electron chi connectivity index (χ1n) is 11.8. The number of aryl methyl sites for hydroxylation is 1. The molecule has 3 fully saturated rings. The summed E-state index contributed by atoms with van der Waals surface area (Å²) < 4.78 is 7.81. The Kier molecular flexibility index (Phi) is 5.28. The molecule has 1 amide bonds. The Bertz CT molecular complexity index is 1310. The van der Waals surface area contributed by atoms with Crippen LogP contribution in [0, 0.1) is 30.1 Å². The number of hydrogen-bond donors (Lipinski definition) is 1. The Labute approximate surface area is 213 Å². The van der Waals surface area contributed by atoms with Gasteiger partial charge in [0.15, 0.2) is 10.8 Å². The summed E-state index contributed by atoms with van der Waals surface area (Å²) in [5, 5.41) is 9.86. The molecule has 4 aliphatic rings. The average molecular weight is 516 g/mol. The van der Waals surface area contributed by atoms with Crippen molar-refractivity contribution >= 4 is 40.4 Å². The van der Waals surface area contributed by atoms with Gasteiger partial charge in [0.1, 0.15) is 6.61 Å². The number of aromatic nitrogens is 2. The fourth-order valence-corrected chi connectivity index (χ4v) is 7.63. The van der Waals surface area contributed by atoms with Crippen LogP contribution in [-0.4, -0.2) is 22.2 Å². The second-order valence-electron chi connectivity index (χ2n) is 10.4. The SMILES string of the molecule is Cc1cc2c(s1)OCc1c(C(=O)NCC3CCC4CC3C4(C)C)nn(-c3ccc(Cl)cc3Cl)c1-2. The van der Waals surface area contributed by atoms with Crippen molar-refractivity contribution in [1.29, 1.82) is 0 Å². The van der Waals surface area contributed by atoms with Gasteiger partial charge < -0.3 is 10.1 Å². The summed E-state index contributed by atoms with van der Waals surface area (Å²) in [5.74, 6) is 1.90. The zero-order valence-electron chi connectivity index (χ0n) is 19.5. The van der Waals surface area contributed by atoms with Crippen LogP contribution in [0.1, 0.15) is 54.0 Å². The number of halogens is 2. The first-order chi connectivity index (χ1) is 16.2. The summed E-state index contributed by atoms with van der Waals surface area (Å²) in [6, 6.07) is 7.40. The standard InChI is InChI=1S/C26H27Cl2N3O2S/c1-13-8-17-23-18(12-33-25(17)34-13)22(30-31(23)21-7-6-16(27)10-20(21)28)24(32)29-11-14-4-5-15-9-19(14)26(15,2)3/h6-8,10,14-15,19H,4-5,9,11-12H2,1-3H3,(H,29,32). The van der Waals surface area contributed by atoms with E-state index in [0.717, 1.165) is 32.7 Å². The minimum Gasteiger partial charge on any atom is -0.478 e. The molecule has 0 spiro atoms. The number of nitrogens with one attached hydrogen (secondary N) is 1. The molecule has 3 aliphatic carbocycles. The van der Waals surface area contributed by atoms with Gasteiger partial charge in [-0.25, -0.2) is 4.68 Å². The summed E-state index contributed by atoms with van der Waals surface area (Å²) in [6.45, 7) is 7.80. The molecular formula is C26H27Cl2N3O2S. The average Bonchev–Trinajstić information content (AvgIpc) is 3.37. The molecule has 2 bridgehead atoms. The normalized spacial score (nSPS) is 24.0. The van der Waals surface area contributed by atoms with Crippen LogP contribution in [0.3, 0.4) is 0 Å². The molecule has 3 saturated carbocycles. The molecule has 8 heteroatoms. The summed E-state index contributed by atoms with van der Waals surface area (Å²) in [5.41, 5.74) is 4.07. The van der Waals surface area contributed by atoms with Gasteiger partial charge in [-0.15, -0.1) is 11.3 Å². The summed E-state index contributed by atoms with van der Waals surface area (Å²) in [6.07, 6.45) is 3.74. The maximum absolute atomic E-state index is 13.4. The summed E-state index contributed by atoms with van der Waals surface area (Å²) >= 11 is 14.3. The number of amides is 1. The third kappa shape index (κ3) is 3.41. The molecule has 1 aromatic carbocycles. The Hall–Kier alpha value is -2.02. The van der Waals surface area contributed by atoms with Crippen LogP contribution >= 0.6 is 34.5 Å². The van der Waals surface area contributed by atoms with Crippen molar-refractivity contribution in [2.24, 2.45) is 23.2 Å². The van der Waals surface area contributed by atoms with E-state index in [-0.39, 0.29) is 5.91 Å². The van der Waals surface area contributed by atoms with Crippen molar-refractivity contribution in [2.45, 2.75) is 46.6 Å². The maximum Gasteiger partial charge on any atom is 0.272 e. The molecule has 3 unspecified atom stereocenters. The molecule has 5 nitrogen and oxygen atoms in total. The molecule has 1 N–H and O–H groups in total. The Morgan fingerprint density at radius 2 is 2.12 bits per heavy atom. The summed E-state index contributed by atoms with van der Waals surface area (Å²) in [4.78, 5) is 14.6. The van der Waals surface area contributed by atoms with Gasteiger partial charge in [0.25, 0.3) is 5.91 Å². The van der Waals surface area contributed by atoms with Gasteiger partial charge in [-0.2, -0.15) is 5.10 Å². The quantitative estimate of drug-likeness (QED) is 0.410. The molecule has 3 atom stereocenters. The molecular weight excluding hydrogens is 489 g/mol. The molecule has 2 aromatic heterocycles. The van der Waals surface area contributed by atoms with Gasteiger partial charge >= 0.3 is 0 Å². The Morgan fingerprint density at radius 3 is 2.85 bits per heavy atom. The van der Waals surface area contributed by atoms with Crippen LogP contribution in [0.5, 0.6) is 5.06 Å². The third-order valence-corrected chi connectivity index (χ3v) is 9.79. The van der Waals surface area contributed by atoms with E-state index in [1.807, 2.05) is 13.0 Å². The van der Waals surface area contributed by atoms with E-state index >= 15 is 0 Å². The molecule has 3 heterocycles. The smallest absolute Gasteiger partial charge is 0.272 e. The lowest BCUT2D eigenvalue weighted by Gasteiger charge is -2.60. The molecule has 0 saturated heterocycles. The van der Waals surface area contributed by atoms with E-state index in [1.165, 1.54) is 19.3 Å². The number of thiophene rings is 1. The minimum atomic E-state index is -0.154. The Morgan fingerprint density at radius 1 is 1.29 bits per heavy atom. The van der Waals surface area contributed by atoms with Crippen LogP contribution in [0.25, 0.3) is 16.9 Å². The van der Waals surface area contributed by atoms with E-state index in [2.05, 4.69) is 25.2 Å². The number of benzene rings is 1. The van der Waals surface area contributed by atoms with Crippen molar-refractivity contribution in [1.82, 2.24) is 15.1 Å². The van der Waals surface area contributed by atoms with Crippen molar-refractivity contribution in [3.05, 3.63) is 50.4 Å². The first kappa shape index (κ1) is 22.4. The van der Waals surface area contributed by atoms with Crippen LogP contribution < -0.4 is 10.1 Å². The lowest BCUT2D eigenvalue weighted by atomic mass is 9.45. The van der Waals surface area contributed by atoms with Gasteiger partial charge in [0, 0.05) is 22.0 Å². The second-order valence-corrected chi connectivity index (χ2v) is 12.5. The number of fused-ring (bicyclic) bond motifs is 5. The van der Waals surface area contributed by atoms with Crippen molar-refractivity contribution in [2.75, 3.05) is 6.54 Å². The van der Waals surface area contributed by atoms with E-state index in [1.54, 1.807) is 28.2 Å². The number of nitrogens with zero attached hydrogens (tertiary/aromatic N) is 2. The highest BCUT2D eigenvalue weighted by Crippen LogP contribution is 2.61. The number of carbonyl (C=O) groups excluding carboxylic acids is 1. The van der Waals surface area contributed by atoms with Crippen molar-refractivity contribution in [3.63, 3.8) is 0 Å². The van der Waals surface area contributed by atoms with Gasteiger partial charge in [-0.3, -0.25) is 4.79 Å². The fraction of sp³-hybridized carbons (Fsp3) is 0.462. The monoisotopic (exact) mass is 515 g/mol. The summed E-state index contributed by atoms with van der Waals surface area (Å²) in [7, 11) is 0. The van der Waals surface area contributed by atoms with E-state index in [4.69, 9.17) is 33.0 Å². The molecule has 1 aliphatic heterocycles. The van der Waals surface area contributed by atoms with Crippen LogP contribution in [0.2, 0.25) is 10.0 Å². The highest BCUT2D eigenvalue weighted by molar-refractivity contribution is 7.14. The first-order valence-corrected chi connectivity index (χ1v) is 13.4. The minimum absolute atomic E-state index is 0.154. The van der Waals surface area contributed by atoms with E-state index in [9.17, 15) is 4.79 Å². The topological polar surface area (TPSA) is 56.1 Å². The van der Waals surface area contributed by atoms with E-state index in [0.29, 0.717) is 51.8 Å². The number of hydrogen-bond acceptors (Lipinski definition) is 4. The van der Waals surface area contributed by atoms with Crippen molar-refractivity contribution in [3.8, 4) is 22.0 Å². The molecule has 0 radical (unpaired) electrons. The van der Waals surface area contributed by atoms with Gasteiger partial charge in [-0.05, 0) is 73.6 Å². The lowest BCUT2D eigenvalue weighted by molar-refractivity contribution is -0.103. The highest BCUT2D eigenvalue weighted by atomic mass is 35.5. The lowest BCUT2D eigenvalue weighted by Crippen LogP contribution is -2.54. The molecule has 178 valence electrons. The van der Waals surface area contributed by atoms with Gasteiger partial charge in [0.05, 0.1) is 22.0 Å². The highest BCUT2D eigenvalue weighted by Gasteiger charge is 2.54. The molecule has 7 rings (SSSR count). The predicted octanol–water partition coefficient (Wildman–Crippen LogP) is 6.91. The fourth-order valence-electron chi connectivity index (χ4n) is 6.29. The maximum atomic E-state index is 13.4. The Balaban J connectivity index is 1.36. The largest absolute Gasteiger partial charge is 0.478 e. The van der Waals surface area contributed by atoms with Crippen LogP contribution in [-0.2, 0) is 6.61 Å².